The number of allylic oxidation sites excluding steroid dienone is 8. The lowest BCUT2D eigenvalue weighted by Crippen LogP contribution is -2.29. The van der Waals surface area contributed by atoms with Crippen molar-refractivity contribution >= 4 is 17.6 Å². The third kappa shape index (κ3) is 2.42. The highest BCUT2D eigenvalue weighted by Crippen LogP contribution is 2.39. The topological polar surface area (TPSA) is 54.5 Å². The Morgan fingerprint density at radius 2 is 1.74 bits per heavy atom. The van der Waals surface area contributed by atoms with Crippen LogP contribution < -0.4 is 0 Å². The van der Waals surface area contributed by atoms with Crippen molar-refractivity contribution in [2.75, 3.05) is 0 Å². The van der Waals surface area contributed by atoms with Gasteiger partial charge in [0.05, 0.1) is 0 Å². The first kappa shape index (κ1) is 14.4. The molecule has 118 valence electrons. The molecule has 0 bridgehead atoms. The number of nitrogens with zero attached hydrogens (tertiary/aromatic N) is 1. The maximum Gasteiger partial charge on any atom is 0.234 e. The molecule has 0 aromatic carbocycles. The molecule has 4 nitrogen and oxygen atoms in total. The predicted molar refractivity (Wildman–Crippen MR) is 85.0 cm³/mol. The van der Waals surface area contributed by atoms with Gasteiger partial charge in [-0.15, -0.1) is 0 Å². The van der Waals surface area contributed by atoms with Crippen LogP contribution in [0.3, 0.4) is 0 Å². The lowest BCUT2D eigenvalue weighted by molar-refractivity contribution is -0.136. The van der Waals surface area contributed by atoms with Crippen molar-refractivity contribution in [1.29, 1.82) is 0 Å². The first-order valence-electron chi connectivity index (χ1n) is 8.32. The summed E-state index contributed by atoms with van der Waals surface area (Å²) in [5, 5.41) is 0. The van der Waals surface area contributed by atoms with Crippen LogP contribution >= 0.6 is 0 Å². The number of likely N-dealkylation sites (tertiary alicyclic amines) is 1. The Kier molecular flexibility index (Phi) is 3.40. The van der Waals surface area contributed by atoms with E-state index < -0.39 is 0 Å². The van der Waals surface area contributed by atoms with Crippen LogP contribution in [0.1, 0.15) is 44.9 Å². The minimum Gasteiger partial charge on any atom is -0.294 e. The summed E-state index contributed by atoms with van der Waals surface area (Å²) in [5.74, 6) is -0.0902. The largest absolute Gasteiger partial charge is 0.294 e. The molecule has 2 amide bonds. The van der Waals surface area contributed by atoms with Gasteiger partial charge in [-0.2, -0.15) is 0 Å². The molecule has 1 aliphatic heterocycles. The number of hydrogen-bond donors (Lipinski definition) is 0. The Balaban J connectivity index is 1.49. The van der Waals surface area contributed by atoms with E-state index in [0.717, 1.165) is 30.5 Å². The smallest absolute Gasteiger partial charge is 0.234 e. The number of hydrogen-bond acceptors (Lipinski definition) is 3. The molecule has 0 N–H and O–H groups in total. The number of Topliss-reactive ketones (excluding diaryl/α,β-unsaturated/α-hetero) is 1. The first-order valence-corrected chi connectivity index (χ1v) is 8.32. The van der Waals surface area contributed by atoms with Crippen LogP contribution in [0.15, 0.2) is 46.7 Å². The van der Waals surface area contributed by atoms with E-state index in [9.17, 15) is 14.4 Å². The molecule has 0 saturated carbocycles. The van der Waals surface area contributed by atoms with Crippen LogP contribution in [-0.2, 0) is 14.4 Å². The molecule has 0 aromatic rings. The summed E-state index contributed by atoms with van der Waals surface area (Å²) in [7, 11) is 0. The third-order valence-corrected chi connectivity index (χ3v) is 5.27. The van der Waals surface area contributed by atoms with Gasteiger partial charge in [-0.3, -0.25) is 19.3 Å². The summed E-state index contributed by atoms with van der Waals surface area (Å²) >= 11 is 0. The fourth-order valence-corrected chi connectivity index (χ4v) is 3.78. The standard InChI is InChI=1S/C19H19NO3/c21-17-9-10-18(22)20(17)16-7-5-13(6-8-16)19(23)15-4-2-12-1-3-14(12)11-15/h2,4-5,7,15H,1,3,6,8-11H2. The van der Waals surface area contributed by atoms with Crippen molar-refractivity contribution in [2.45, 2.75) is 44.9 Å². The molecule has 1 unspecified atom stereocenters. The van der Waals surface area contributed by atoms with Crippen LogP contribution in [0.5, 0.6) is 0 Å². The highest BCUT2D eigenvalue weighted by molar-refractivity contribution is 6.04. The second-order valence-corrected chi connectivity index (χ2v) is 6.64. The van der Waals surface area contributed by atoms with Crippen LogP contribution in [0.4, 0.5) is 0 Å². The van der Waals surface area contributed by atoms with Gasteiger partial charge in [0.2, 0.25) is 11.8 Å². The van der Waals surface area contributed by atoms with Crippen molar-refractivity contribution < 1.29 is 14.4 Å². The van der Waals surface area contributed by atoms with Gasteiger partial charge in [-0.05, 0) is 49.3 Å². The predicted octanol–water partition coefficient (Wildman–Crippen LogP) is 2.98. The van der Waals surface area contributed by atoms with E-state index in [4.69, 9.17) is 0 Å². The van der Waals surface area contributed by atoms with Crippen LogP contribution in [0.2, 0.25) is 0 Å². The molecule has 1 saturated heterocycles. The molecule has 4 aliphatic rings. The second-order valence-electron chi connectivity index (χ2n) is 6.64. The van der Waals surface area contributed by atoms with Crippen molar-refractivity contribution in [2.24, 2.45) is 5.92 Å². The Hall–Kier alpha value is -2.23. The summed E-state index contributed by atoms with van der Waals surface area (Å²) in [4.78, 5) is 37.5. The zero-order chi connectivity index (χ0) is 16.0. The number of amides is 2. The fourth-order valence-electron chi connectivity index (χ4n) is 3.78. The van der Waals surface area contributed by atoms with E-state index >= 15 is 0 Å². The van der Waals surface area contributed by atoms with Crippen molar-refractivity contribution in [3.05, 3.63) is 46.7 Å². The van der Waals surface area contributed by atoms with Gasteiger partial charge < -0.3 is 0 Å². The lowest BCUT2D eigenvalue weighted by Gasteiger charge is -2.29. The van der Waals surface area contributed by atoms with Crippen molar-refractivity contribution in [3.63, 3.8) is 0 Å². The molecule has 3 aliphatic carbocycles. The first-order chi connectivity index (χ1) is 11.1. The number of imide groups is 1. The lowest BCUT2D eigenvalue weighted by atomic mass is 9.75. The second kappa shape index (κ2) is 5.44. The number of ketones is 1. The van der Waals surface area contributed by atoms with Gasteiger partial charge in [0.25, 0.3) is 0 Å². The quantitative estimate of drug-likeness (QED) is 0.753. The van der Waals surface area contributed by atoms with E-state index in [-0.39, 0.29) is 23.5 Å². The molecule has 0 spiro atoms. The van der Waals surface area contributed by atoms with E-state index in [2.05, 4.69) is 6.08 Å². The highest BCUT2D eigenvalue weighted by Gasteiger charge is 2.33. The van der Waals surface area contributed by atoms with E-state index in [0.29, 0.717) is 25.7 Å². The number of carbonyl (C=O) groups excluding carboxylic acids is 3. The Morgan fingerprint density at radius 1 is 0.957 bits per heavy atom. The van der Waals surface area contributed by atoms with Gasteiger partial charge in [-0.25, -0.2) is 0 Å². The van der Waals surface area contributed by atoms with E-state index in [1.165, 1.54) is 16.0 Å². The SMILES string of the molecule is O=C(C1=CC=C(N2C(=O)CCC2=O)CC1)C1C=CC2=C(CC2)C1. The number of rotatable bonds is 3. The molecule has 0 radical (unpaired) electrons. The van der Waals surface area contributed by atoms with Gasteiger partial charge >= 0.3 is 0 Å². The molecule has 1 fully saturated rings. The maximum absolute atomic E-state index is 12.7. The van der Waals surface area contributed by atoms with Crippen molar-refractivity contribution in [3.8, 4) is 0 Å². The van der Waals surface area contributed by atoms with Crippen molar-refractivity contribution in [1.82, 2.24) is 4.90 Å². The third-order valence-electron chi connectivity index (χ3n) is 5.27. The molecule has 4 rings (SSSR count). The monoisotopic (exact) mass is 309 g/mol. The van der Waals surface area contributed by atoms with Crippen LogP contribution in [-0.4, -0.2) is 22.5 Å². The Bertz CT molecular complexity index is 720. The summed E-state index contributed by atoms with van der Waals surface area (Å²) in [6.45, 7) is 0. The summed E-state index contributed by atoms with van der Waals surface area (Å²) in [6.07, 6.45) is 12.7. The summed E-state index contributed by atoms with van der Waals surface area (Å²) in [5.41, 5.74) is 4.40. The van der Waals surface area contributed by atoms with Gasteiger partial charge in [0.1, 0.15) is 0 Å². The Morgan fingerprint density at radius 3 is 2.30 bits per heavy atom. The summed E-state index contributed by atoms with van der Waals surface area (Å²) < 4.78 is 0. The summed E-state index contributed by atoms with van der Waals surface area (Å²) in [6, 6.07) is 0. The van der Waals surface area contributed by atoms with Crippen LogP contribution in [0.25, 0.3) is 0 Å². The molecule has 4 heteroatoms. The molecule has 0 aromatic heterocycles. The van der Waals surface area contributed by atoms with Gasteiger partial charge in [-0.1, -0.05) is 23.8 Å². The minimum absolute atomic E-state index is 0.0368. The molecular formula is C19H19NO3. The molecular weight excluding hydrogens is 290 g/mol. The average molecular weight is 309 g/mol. The Labute approximate surface area is 135 Å². The maximum atomic E-state index is 12.7. The van der Waals surface area contributed by atoms with E-state index in [1.54, 1.807) is 12.2 Å². The zero-order valence-corrected chi connectivity index (χ0v) is 13.0. The highest BCUT2D eigenvalue weighted by atomic mass is 16.2. The minimum atomic E-state index is -0.121. The molecule has 1 heterocycles. The average Bonchev–Trinajstić information content (AvgIpc) is 2.87. The molecule has 1 atom stereocenters. The van der Waals surface area contributed by atoms with Gasteiger partial charge in [0.15, 0.2) is 5.78 Å². The zero-order valence-electron chi connectivity index (χ0n) is 13.0. The van der Waals surface area contributed by atoms with Gasteiger partial charge in [0, 0.05) is 24.5 Å². The normalized spacial score (nSPS) is 26.8. The number of carbonyl (C=O) groups is 3. The fraction of sp³-hybridized carbons (Fsp3) is 0.421. The van der Waals surface area contributed by atoms with E-state index in [1.807, 2.05) is 6.08 Å². The van der Waals surface area contributed by atoms with Crippen LogP contribution in [0, 0.1) is 5.92 Å². The molecule has 23 heavy (non-hydrogen) atoms.